The van der Waals surface area contributed by atoms with Crippen LogP contribution in [0.4, 0.5) is 0 Å². The highest BCUT2D eigenvalue weighted by molar-refractivity contribution is 5.80. The lowest BCUT2D eigenvalue weighted by Crippen LogP contribution is -2.40. The summed E-state index contributed by atoms with van der Waals surface area (Å²) < 4.78 is 4.91. The lowest BCUT2D eigenvalue weighted by Gasteiger charge is -2.12. The number of ether oxygens (including phenoxy) is 1. The minimum Gasteiger partial charge on any atom is -0.370 e. The van der Waals surface area contributed by atoms with Crippen molar-refractivity contribution in [1.82, 2.24) is 5.32 Å². The summed E-state index contributed by atoms with van der Waals surface area (Å²) in [4.78, 5) is 11.6. The van der Waals surface area contributed by atoms with E-state index in [0.29, 0.717) is 12.1 Å². The molecular weight excluding hydrogens is 218 g/mol. The lowest BCUT2D eigenvalue weighted by molar-refractivity contribution is -0.130. The van der Waals surface area contributed by atoms with Crippen molar-refractivity contribution in [3.05, 3.63) is 35.4 Å². The molecule has 0 aliphatic carbocycles. The normalized spacial score (nSPS) is 11.6. The molecule has 1 unspecified atom stereocenters. The first kappa shape index (κ1) is 13.2. The maximum atomic E-state index is 11.6. The number of carbonyl (C=O) groups excluding carboxylic acids is 1. The Morgan fingerprint density at radius 3 is 3.00 bits per heavy atom. The maximum Gasteiger partial charge on any atom is 0.250 e. The van der Waals surface area contributed by atoms with Crippen LogP contribution in [0.5, 0.6) is 0 Å². The van der Waals surface area contributed by atoms with Crippen LogP contribution in [0.3, 0.4) is 0 Å². The van der Waals surface area contributed by atoms with Gasteiger partial charge in [-0.25, -0.2) is 0 Å². The summed E-state index contributed by atoms with van der Waals surface area (Å²) in [7, 11) is 1.44. The molecule has 1 aromatic rings. The number of hydrogen-bond acceptors (Lipinski definition) is 4. The molecule has 1 rings (SSSR count). The Morgan fingerprint density at radius 1 is 1.65 bits per heavy atom. The Balaban J connectivity index is 2.55. The van der Waals surface area contributed by atoms with Gasteiger partial charge in [-0.3, -0.25) is 4.79 Å². The summed E-state index contributed by atoms with van der Waals surface area (Å²) in [6.45, 7) is 0.495. The number of rotatable bonds is 5. The predicted octanol–water partition coefficient (Wildman–Crippen LogP) is 0.148. The van der Waals surface area contributed by atoms with E-state index in [1.807, 2.05) is 12.1 Å². The van der Waals surface area contributed by atoms with Gasteiger partial charge in [0.15, 0.2) is 0 Å². The third-order valence-corrected chi connectivity index (χ3v) is 2.31. The highest BCUT2D eigenvalue weighted by Gasteiger charge is 2.14. The monoisotopic (exact) mass is 233 g/mol. The van der Waals surface area contributed by atoms with Gasteiger partial charge in [-0.15, -0.1) is 0 Å². The topological polar surface area (TPSA) is 88.1 Å². The van der Waals surface area contributed by atoms with Gasteiger partial charge in [0.1, 0.15) is 6.10 Å². The molecule has 90 valence electrons. The molecule has 5 heteroatoms. The quantitative estimate of drug-likeness (QED) is 0.757. The second-order valence-corrected chi connectivity index (χ2v) is 3.49. The van der Waals surface area contributed by atoms with Gasteiger partial charge >= 0.3 is 0 Å². The van der Waals surface area contributed by atoms with Gasteiger partial charge in [-0.05, 0) is 17.7 Å². The van der Waals surface area contributed by atoms with E-state index >= 15 is 0 Å². The van der Waals surface area contributed by atoms with E-state index in [1.54, 1.807) is 18.2 Å². The van der Waals surface area contributed by atoms with E-state index < -0.39 is 6.10 Å². The first-order valence-corrected chi connectivity index (χ1v) is 5.21. The summed E-state index contributed by atoms with van der Waals surface area (Å²) in [6, 6.07) is 9.09. The smallest absolute Gasteiger partial charge is 0.250 e. The molecule has 0 radical (unpaired) electrons. The second-order valence-electron chi connectivity index (χ2n) is 3.49. The number of nitrogens with two attached hydrogens (primary N) is 1. The molecule has 0 bridgehead atoms. The number of nitrogens with zero attached hydrogens (tertiary/aromatic N) is 1. The maximum absolute atomic E-state index is 11.6. The van der Waals surface area contributed by atoms with Gasteiger partial charge in [-0.1, -0.05) is 12.1 Å². The van der Waals surface area contributed by atoms with E-state index in [9.17, 15) is 4.79 Å². The highest BCUT2D eigenvalue weighted by Crippen LogP contribution is 2.03. The summed E-state index contributed by atoms with van der Waals surface area (Å²) >= 11 is 0. The van der Waals surface area contributed by atoms with Crippen molar-refractivity contribution in [1.29, 1.82) is 5.26 Å². The molecule has 0 saturated heterocycles. The van der Waals surface area contributed by atoms with Crippen molar-refractivity contribution in [2.45, 2.75) is 12.6 Å². The molecule has 0 aliphatic rings. The van der Waals surface area contributed by atoms with Gasteiger partial charge in [0.2, 0.25) is 0 Å². The second kappa shape index (κ2) is 6.63. The van der Waals surface area contributed by atoms with Crippen LogP contribution >= 0.6 is 0 Å². The lowest BCUT2D eigenvalue weighted by atomic mass is 10.1. The number of carbonyl (C=O) groups is 1. The van der Waals surface area contributed by atoms with Crippen molar-refractivity contribution in [3.63, 3.8) is 0 Å². The number of nitrogens with one attached hydrogen (secondary N) is 1. The number of nitriles is 1. The van der Waals surface area contributed by atoms with E-state index in [2.05, 4.69) is 5.32 Å². The van der Waals surface area contributed by atoms with Gasteiger partial charge < -0.3 is 15.8 Å². The van der Waals surface area contributed by atoms with Gasteiger partial charge in [-0.2, -0.15) is 5.26 Å². The fourth-order valence-corrected chi connectivity index (χ4v) is 1.36. The van der Waals surface area contributed by atoms with Crippen LogP contribution in [0.2, 0.25) is 0 Å². The van der Waals surface area contributed by atoms with Crippen LogP contribution < -0.4 is 11.1 Å². The largest absolute Gasteiger partial charge is 0.370 e. The molecule has 1 amide bonds. The SMILES string of the molecule is COC(CN)C(=O)NCc1cccc(C#N)c1. The van der Waals surface area contributed by atoms with Crippen LogP contribution in [0.1, 0.15) is 11.1 Å². The van der Waals surface area contributed by atoms with Crippen molar-refractivity contribution in [3.8, 4) is 6.07 Å². The molecule has 0 aliphatic heterocycles. The molecule has 0 fully saturated rings. The Bertz CT molecular complexity index is 422. The molecule has 0 aromatic heterocycles. The Kier molecular flexibility index (Phi) is 5.14. The Morgan fingerprint density at radius 2 is 2.41 bits per heavy atom. The highest BCUT2D eigenvalue weighted by atomic mass is 16.5. The van der Waals surface area contributed by atoms with Crippen LogP contribution in [0.15, 0.2) is 24.3 Å². The molecule has 0 heterocycles. The number of hydrogen-bond donors (Lipinski definition) is 2. The Labute approximate surface area is 100 Å². The summed E-state index contributed by atoms with van der Waals surface area (Å²) in [5.74, 6) is -0.252. The average molecular weight is 233 g/mol. The summed E-state index contributed by atoms with van der Waals surface area (Å²) in [5, 5.41) is 11.4. The zero-order valence-corrected chi connectivity index (χ0v) is 9.64. The van der Waals surface area contributed by atoms with E-state index in [1.165, 1.54) is 7.11 Å². The first-order chi connectivity index (χ1) is 8.21. The van der Waals surface area contributed by atoms with Crippen LogP contribution in [0, 0.1) is 11.3 Å². The standard InChI is InChI=1S/C12H15N3O2/c1-17-11(7-14)12(16)15-8-10-4-2-3-9(5-10)6-13/h2-5,11H,7-8,14H2,1H3,(H,15,16). The number of methoxy groups -OCH3 is 1. The van der Waals surface area contributed by atoms with Crippen molar-refractivity contribution in [2.75, 3.05) is 13.7 Å². The van der Waals surface area contributed by atoms with Crippen LogP contribution in [-0.2, 0) is 16.1 Å². The zero-order chi connectivity index (χ0) is 12.7. The first-order valence-electron chi connectivity index (χ1n) is 5.21. The fraction of sp³-hybridized carbons (Fsp3) is 0.333. The van der Waals surface area contributed by atoms with Gasteiger partial charge in [0, 0.05) is 20.2 Å². The summed E-state index contributed by atoms with van der Waals surface area (Å²) in [5.41, 5.74) is 6.80. The van der Waals surface area contributed by atoms with Crippen LogP contribution in [0.25, 0.3) is 0 Å². The molecule has 5 nitrogen and oxygen atoms in total. The third kappa shape index (κ3) is 3.87. The molecule has 0 spiro atoms. The van der Waals surface area contributed by atoms with Crippen LogP contribution in [-0.4, -0.2) is 25.7 Å². The van der Waals surface area contributed by atoms with Crippen molar-refractivity contribution in [2.24, 2.45) is 5.73 Å². The minimum atomic E-state index is -0.630. The fourth-order valence-electron chi connectivity index (χ4n) is 1.36. The minimum absolute atomic E-state index is 0.139. The number of amides is 1. The average Bonchev–Trinajstić information content (AvgIpc) is 2.38. The third-order valence-electron chi connectivity index (χ3n) is 2.31. The molecule has 17 heavy (non-hydrogen) atoms. The molecule has 1 aromatic carbocycles. The van der Waals surface area contributed by atoms with Gasteiger partial charge in [0.05, 0.1) is 11.6 Å². The molecule has 0 saturated carbocycles. The van der Waals surface area contributed by atoms with E-state index in [4.69, 9.17) is 15.7 Å². The van der Waals surface area contributed by atoms with Crippen molar-refractivity contribution < 1.29 is 9.53 Å². The number of benzene rings is 1. The van der Waals surface area contributed by atoms with Crippen molar-refractivity contribution >= 4 is 5.91 Å². The Hall–Kier alpha value is -1.90. The zero-order valence-electron chi connectivity index (χ0n) is 9.64. The molecule has 1 atom stereocenters. The molecule has 3 N–H and O–H groups in total. The van der Waals surface area contributed by atoms with E-state index in [-0.39, 0.29) is 12.5 Å². The predicted molar refractivity (Wildman–Crippen MR) is 62.9 cm³/mol. The van der Waals surface area contributed by atoms with Gasteiger partial charge in [0.25, 0.3) is 5.91 Å². The van der Waals surface area contributed by atoms with E-state index in [0.717, 1.165) is 5.56 Å². The molecular formula is C12H15N3O2. The summed E-state index contributed by atoms with van der Waals surface area (Å²) in [6.07, 6.45) is -0.630.